The number of hydrogen-bond donors (Lipinski definition) is 1. The van der Waals surface area contributed by atoms with Gasteiger partial charge in [0.1, 0.15) is 0 Å². The monoisotopic (exact) mass is 282 g/mol. The van der Waals surface area contributed by atoms with E-state index in [-0.39, 0.29) is 6.04 Å². The molecule has 2 nitrogen and oxygen atoms in total. The van der Waals surface area contributed by atoms with E-state index in [0.29, 0.717) is 12.5 Å². The van der Waals surface area contributed by atoms with E-state index in [0.717, 1.165) is 0 Å². The number of aryl methyl sites for hydroxylation is 1. The molecule has 1 unspecified atom stereocenters. The van der Waals surface area contributed by atoms with Gasteiger partial charge in [-0.1, -0.05) is 50.2 Å². The normalized spacial score (nSPS) is 12.5. The minimum atomic E-state index is 0.202. The summed E-state index contributed by atoms with van der Waals surface area (Å²) in [5.74, 6) is 0.560. The minimum Gasteiger partial charge on any atom is -0.366 e. The van der Waals surface area contributed by atoms with Crippen molar-refractivity contribution in [2.24, 2.45) is 5.73 Å². The van der Waals surface area contributed by atoms with Crippen molar-refractivity contribution >= 4 is 5.69 Å². The first-order chi connectivity index (χ1) is 10.0. The summed E-state index contributed by atoms with van der Waals surface area (Å²) < 4.78 is 0. The van der Waals surface area contributed by atoms with Crippen LogP contribution >= 0.6 is 0 Å². The van der Waals surface area contributed by atoms with E-state index in [1.54, 1.807) is 0 Å². The van der Waals surface area contributed by atoms with Crippen LogP contribution in [-0.4, -0.2) is 13.6 Å². The molecular formula is C19H26N2. The Labute approximate surface area is 128 Å². The summed E-state index contributed by atoms with van der Waals surface area (Å²) in [6.07, 6.45) is 0. The molecule has 1 atom stereocenters. The van der Waals surface area contributed by atoms with Crippen LogP contribution in [-0.2, 0) is 0 Å². The first-order valence-corrected chi connectivity index (χ1v) is 7.62. The second-order valence-electron chi connectivity index (χ2n) is 6.02. The predicted octanol–water partition coefficient (Wildman–Crippen LogP) is 4.25. The number of rotatable bonds is 5. The van der Waals surface area contributed by atoms with Gasteiger partial charge in [-0.3, -0.25) is 0 Å². The van der Waals surface area contributed by atoms with Crippen LogP contribution in [0.3, 0.4) is 0 Å². The number of anilines is 1. The molecule has 0 saturated carbocycles. The molecule has 0 aliphatic heterocycles. The summed E-state index contributed by atoms with van der Waals surface area (Å²) in [6, 6.07) is 17.6. The van der Waals surface area contributed by atoms with E-state index < -0.39 is 0 Å². The van der Waals surface area contributed by atoms with Crippen molar-refractivity contribution in [3.63, 3.8) is 0 Å². The SMILES string of the molecule is Cc1cccc(N(C)C(CN)c2ccc(C(C)C)cc2)c1. The third-order valence-corrected chi connectivity index (χ3v) is 4.09. The van der Waals surface area contributed by atoms with Crippen LogP contribution in [0.15, 0.2) is 48.5 Å². The Bertz CT molecular complexity index is 572. The number of likely N-dealkylation sites (N-methyl/N-ethyl adjacent to an activating group) is 1. The maximum Gasteiger partial charge on any atom is 0.0661 e. The number of benzene rings is 2. The summed E-state index contributed by atoms with van der Waals surface area (Å²) in [5.41, 5.74) is 11.2. The third kappa shape index (κ3) is 3.64. The molecule has 0 heterocycles. The van der Waals surface area contributed by atoms with E-state index in [9.17, 15) is 0 Å². The molecule has 0 aromatic heterocycles. The fraction of sp³-hybridized carbons (Fsp3) is 0.368. The van der Waals surface area contributed by atoms with E-state index in [4.69, 9.17) is 5.73 Å². The van der Waals surface area contributed by atoms with Crippen molar-refractivity contribution in [2.45, 2.75) is 32.7 Å². The smallest absolute Gasteiger partial charge is 0.0661 e. The molecule has 0 spiro atoms. The Morgan fingerprint density at radius 2 is 1.62 bits per heavy atom. The van der Waals surface area contributed by atoms with Crippen molar-refractivity contribution in [3.8, 4) is 0 Å². The van der Waals surface area contributed by atoms with Crippen LogP contribution in [0.25, 0.3) is 0 Å². The molecule has 0 fully saturated rings. The van der Waals surface area contributed by atoms with Gasteiger partial charge in [-0.05, 0) is 41.7 Å². The molecule has 0 amide bonds. The Morgan fingerprint density at radius 3 is 2.14 bits per heavy atom. The first kappa shape index (κ1) is 15.6. The highest BCUT2D eigenvalue weighted by atomic mass is 15.1. The Morgan fingerprint density at radius 1 is 1.00 bits per heavy atom. The van der Waals surface area contributed by atoms with Crippen LogP contribution in [0, 0.1) is 6.92 Å². The molecule has 2 aromatic rings. The zero-order valence-electron chi connectivity index (χ0n) is 13.5. The van der Waals surface area contributed by atoms with Crippen LogP contribution in [0.5, 0.6) is 0 Å². The average Bonchev–Trinajstić information content (AvgIpc) is 2.48. The molecule has 0 aliphatic carbocycles. The highest BCUT2D eigenvalue weighted by Crippen LogP contribution is 2.26. The fourth-order valence-corrected chi connectivity index (χ4v) is 2.65. The minimum absolute atomic E-state index is 0.202. The summed E-state index contributed by atoms with van der Waals surface area (Å²) in [5, 5.41) is 0. The van der Waals surface area contributed by atoms with Gasteiger partial charge in [0.2, 0.25) is 0 Å². The highest BCUT2D eigenvalue weighted by Gasteiger charge is 2.16. The van der Waals surface area contributed by atoms with Gasteiger partial charge in [0, 0.05) is 19.3 Å². The van der Waals surface area contributed by atoms with Crippen LogP contribution in [0.2, 0.25) is 0 Å². The molecule has 2 N–H and O–H groups in total. The van der Waals surface area contributed by atoms with Gasteiger partial charge in [-0.25, -0.2) is 0 Å². The summed E-state index contributed by atoms with van der Waals surface area (Å²) in [7, 11) is 2.11. The Balaban J connectivity index is 2.26. The van der Waals surface area contributed by atoms with Gasteiger partial charge < -0.3 is 10.6 Å². The summed E-state index contributed by atoms with van der Waals surface area (Å²) >= 11 is 0. The van der Waals surface area contributed by atoms with E-state index in [1.165, 1.54) is 22.4 Å². The van der Waals surface area contributed by atoms with Gasteiger partial charge in [0.25, 0.3) is 0 Å². The van der Waals surface area contributed by atoms with Crippen molar-refractivity contribution in [1.29, 1.82) is 0 Å². The molecule has 2 heteroatoms. The van der Waals surface area contributed by atoms with Crippen LogP contribution < -0.4 is 10.6 Å². The lowest BCUT2D eigenvalue weighted by molar-refractivity contribution is 0.679. The largest absolute Gasteiger partial charge is 0.366 e. The molecule has 0 aliphatic rings. The average molecular weight is 282 g/mol. The van der Waals surface area contributed by atoms with E-state index in [2.05, 4.69) is 81.2 Å². The van der Waals surface area contributed by atoms with Crippen molar-refractivity contribution in [2.75, 3.05) is 18.5 Å². The van der Waals surface area contributed by atoms with Crippen LogP contribution in [0.1, 0.15) is 42.5 Å². The van der Waals surface area contributed by atoms with Crippen LogP contribution in [0.4, 0.5) is 5.69 Å². The predicted molar refractivity (Wildman–Crippen MR) is 91.9 cm³/mol. The fourth-order valence-electron chi connectivity index (χ4n) is 2.65. The second kappa shape index (κ2) is 6.77. The molecule has 112 valence electrons. The Hall–Kier alpha value is -1.80. The molecule has 0 bridgehead atoms. The lowest BCUT2D eigenvalue weighted by Crippen LogP contribution is -2.30. The van der Waals surface area contributed by atoms with Crippen molar-refractivity contribution in [3.05, 3.63) is 65.2 Å². The van der Waals surface area contributed by atoms with Gasteiger partial charge in [-0.2, -0.15) is 0 Å². The van der Waals surface area contributed by atoms with Gasteiger partial charge in [-0.15, -0.1) is 0 Å². The highest BCUT2D eigenvalue weighted by molar-refractivity contribution is 5.50. The molecule has 21 heavy (non-hydrogen) atoms. The van der Waals surface area contributed by atoms with Gasteiger partial charge >= 0.3 is 0 Å². The zero-order valence-corrected chi connectivity index (χ0v) is 13.5. The number of nitrogens with zero attached hydrogens (tertiary/aromatic N) is 1. The first-order valence-electron chi connectivity index (χ1n) is 7.62. The molecule has 2 aromatic carbocycles. The van der Waals surface area contributed by atoms with E-state index >= 15 is 0 Å². The standard InChI is InChI=1S/C19H26N2/c1-14(2)16-8-10-17(11-9-16)19(13-20)21(4)18-7-5-6-15(3)12-18/h5-12,14,19H,13,20H2,1-4H3. The maximum atomic E-state index is 6.04. The zero-order chi connectivity index (χ0) is 15.4. The lowest BCUT2D eigenvalue weighted by atomic mass is 9.98. The number of nitrogens with two attached hydrogens (primary N) is 1. The van der Waals surface area contributed by atoms with Gasteiger partial charge in [0.05, 0.1) is 6.04 Å². The maximum absolute atomic E-state index is 6.04. The Kier molecular flexibility index (Phi) is 5.03. The lowest BCUT2D eigenvalue weighted by Gasteiger charge is -2.30. The van der Waals surface area contributed by atoms with E-state index in [1.807, 2.05) is 0 Å². The summed E-state index contributed by atoms with van der Waals surface area (Å²) in [4.78, 5) is 2.26. The molecule has 2 rings (SSSR count). The van der Waals surface area contributed by atoms with Crippen molar-refractivity contribution < 1.29 is 0 Å². The van der Waals surface area contributed by atoms with Gasteiger partial charge in [0.15, 0.2) is 0 Å². The van der Waals surface area contributed by atoms with Crippen molar-refractivity contribution in [1.82, 2.24) is 0 Å². The molecular weight excluding hydrogens is 256 g/mol. The molecule has 0 radical (unpaired) electrons. The number of hydrogen-bond acceptors (Lipinski definition) is 2. The second-order valence-corrected chi connectivity index (χ2v) is 6.02. The third-order valence-electron chi connectivity index (χ3n) is 4.09. The molecule has 0 saturated heterocycles. The quantitative estimate of drug-likeness (QED) is 0.888. The summed E-state index contributed by atoms with van der Waals surface area (Å²) in [6.45, 7) is 7.15. The topological polar surface area (TPSA) is 29.3 Å².